The molecule has 3 rings (SSSR count). The normalized spacial score (nSPS) is 11.0. The number of anilines is 1. The van der Waals surface area contributed by atoms with E-state index in [1.807, 2.05) is 55.5 Å². The Bertz CT molecular complexity index is 1190. The average Bonchev–Trinajstić information content (AvgIpc) is 2.76. The number of hydrogen-bond acceptors (Lipinski definition) is 3. The molecular formula is C27H25BrN2O2. The van der Waals surface area contributed by atoms with Gasteiger partial charge >= 0.3 is 0 Å². The van der Waals surface area contributed by atoms with Gasteiger partial charge in [-0.3, -0.25) is 4.79 Å². The van der Waals surface area contributed by atoms with Crippen molar-refractivity contribution in [2.24, 2.45) is 0 Å². The van der Waals surface area contributed by atoms with Gasteiger partial charge < -0.3 is 10.1 Å². The molecule has 4 nitrogen and oxygen atoms in total. The van der Waals surface area contributed by atoms with Crippen molar-refractivity contribution in [3.8, 4) is 11.8 Å². The van der Waals surface area contributed by atoms with Crippen molar-refractivity contribution in [3.05, 3.63) is 98.5 Å². The van der Waals surface area contributed by atoms with Crippen molar-refractivity contribution in [2.45, 2.75) is 33.8 Å². The van der Waals surface area contributed by atoms with Gasteiger partial charge in [0.2, 0.25) is 0 Å². The molecule has 0 heterocycles. The van der Waals surface area contributed by atoms with Gasteiger partial charge in [0.1, 0.15) is 24.0 Å². The fourth-order valence-corrected chi connectivity index (χ4v) is 4.00. The number of nitriles is 1. The van der Waals surface area contributed by atoms with E-state index in [4.69, 9.17) is 4.74 Å². The van der Waals surface area contributed by atoms with E-state index in [2.05, 4.69) is 53.3 Å². The summed E-state index contributed by atoms with van der Waals surface area (Å²) in [5, 5.41) is 12.4. The second-order valence-corrected chi connectivity index (χ2v) is 8.46. The van der Waals surface area contributed by atoms with E-state index in [9.17, 15) is 10.1 Å². The van der Waals surface area contributed by atoms with Crippen LogP contribution in [-0.2, 0) is 17.8 Å². The molecule has 0 atom stereocenters. The number of ether oxygens (including phenoxy) is 1. The Kier molecular flexibility index (Phi) is 7.86. The zero-order chi connectivity index (χ0) is 23.1. The van der Waals surface area contributed by atoms with Crippen LogP contribution in [0.25, 0.3) is 6.08 Å². The molecule has 0 saturated heterocycles. The highest BCUT2D eigenvalue weighted by atomic mass is 79.9. The Hall–Kier alpha value is -3.36. The summed E-state index contributed by atoms with van der Waals surface area (Å²) in [4.78, 5) is 12.6. The van der Waals surface area contributed by atoms with Crippen LogP contribution in [0.15, 0.2) is 70.7 Å². The average molecular weight is 489 g/mol. The van der Waals surface area contributed by atoms with Gasteiger partial charge in [-0.15, -0.1) is 0 Å². The molecule has 3 aromatic carbocycles. The van der Waals surface area contributed by atoms with Gasteiger partial charge in [0.25, 0.3) is 5.91 Å². The first-order chi connectivity index (χ1) is 15.4. The number of carbonyl (C=O) groups is 1. The molecule has 0 aliphatic carbocycles. The lowest BCUT2D eigenvalue weighted by molar-refractivity contribution is -0.112. The lowest BCUT2D eigenvalue weighted by atomic mass is 10.1. The van der Waals surface area contributed by atoms with Gasteiger partial charge in [-0.2, -0.15) is 5.26 Å². The number of hydrogen-bond donors (Lipinski definition) is 1. The maximum Gasteiger partial charge on any atom is 0.266 e. The van der Waals surface area contributed by atoms with Crippen molar-refractivity contribution in [1.29, 1.82) is 5.26 Å². The predicted octanol–water partition coefficient (Wildman–Crippen LogP) is 6.75. The third-order valence-corrected chi connectivity index (χ3v) is 5.57. The third kappa shape index (κ3) is 6.09. The molecule has 1 amide bonds. The minimum absolute atomic E-state index is 0.0340. The van der Waals surface area contributed by atoms with E-state index in [0.717, 1.165) is 33.3 Å². The zero-order valence-electron chi connectivity index (χ0n) is 18.4. The van der Waals surface area contributed by atoms with Gasteiger partial charge in [-0.1, -0.05) is 60.5 Å². The van der Waals surface area contributed by atoms with Crippen molar-refractivity contribution >= 4 is 33.6 Å². The molecule has 0 unspecified atom stereocenters. The van der Waals surface area contributed by atoms with Crippen molar-refractivity contribution in [3.63, 3.8) is 0 Å². The Morgan fingerprint density at radius 2 is 1.81 bits per heavy atom. The van der Waals surface area contributed by atoms with E-state index in [1.165, 1.54) is 11.1 Å². The lowest BCUT2D eigenvalue weighted by Gasteiger charge is -2.11. The number of amides is 1. The maximum atomic E-state index is 12.6. The number of rotatable bonds is 7. The van der Waals surface area contributed by atoms with Crippen LogP contribution in [-0.4, -0.2) is 5.91 Å². The molecule has 5 heteroatoms. The van der Waals surface area contributed by atoms with Gasteiger partial charge in [-0.25, -0.2) is 0 Å². The molecular weight excluding hydrogens is 464 g/mol. The van der Waals surface area contributed by atoms with Gasteiger partial charge in [-0.05, 0) is 77.2 Å². The summed E-state index contributed by atoms with van der Waals surface area (Å²) in [5.41, 5.74) is 6.01. The summed E-state index contributed by atoms with van der Waals surface area (Å²) in [7, 11) is 0. The van der Waals surface area contributed by atoms with Crippen molar-refractivity contribution < 1.29 is 9.53 Å². The second-order valence-electron chi connectivity index (χ2n) is 7.61. The van der Waals surface area contributed by atoms with E-state index < -0.39 is 5.91 Å². The Morgan fingerprint density at radius 3 is 2.47 bits per heavy atom. The first-order valence-corrected chi connectivity index (χ1v) is 11.2. The molecule has 1 N–H and O–H groups in total. The molecule has 0 aliphatic heterocycles. The lowest BCUT2D eigenvalue weighted by Crippen LogP contribution is -2.14. The van der Waals surface area contributed by atoms with Crippen LogP contribution < -0.4 is 10.1 Å². The summed E-state index contributed by atoms with van der Waals surface area (Å²) < 4.78 is 6.71. The Labute approximate surface area is 197 Å². The number of benzene rings is 3. The number of nitrogens with one attached hydrogen (secondary N) is 1. The largest absolute Gasteiger partial charge is 0.488 e. The SMILES string of the molecule is CCc1ccccc1NC(=O)/C(C#N)=C/c1ccc(OCc2cc(C)cc(C)c2)c(Br)c1. The van der Waals surface area contributed by atoms with Crippen LogP contribution in [0, 0.1) is 25.2 Å². The summed E-state index contributed by atoms with van der Waals surface area (Å²) in [6.07, 6.45) is 2.36. The fraction of sp³-hybridized carbons (Fsp3) is 0.185. The minimum atomic E-state index is -0.431. The molecule has 0 aromatic heterocycles. The molecule has 0 radical (unpaired) electrons. The topological polar surface area (TPSA) is 62.1 Å². The van der Waals surface area contributed by atoms with Crippen LogP contribution in [0.5, 0.6) is 5.75 Å². The number of aryl methyl sites for hydroxylation is 3. The standard InChI is InChI=1S/C27H25BrN2O2/c1-4-22-7-5-6-8-25(22)30-27(31)23(16-29)14-20-9-10-26(24(28)15-20)32-17-21-12-18(2)11-19(3)13-21/h5-15H,4,17H2,1-3H3,(H,30,31)/b23-14+. The Morgan fingerprint density at radius 1 is 1.09 bits per heavy atom. The highest BCUT2D eigenvalue weighted by molar-refractivity contribution is 9.10. The van der Waals surface area contributed by atoms with E-state index in [0.29, 0.717) is 12.4 Å². The van der Waals surface area contributed by atoms with Crippen molar-refractivity contribution in [2.75, 3.05) is 5.32 Å². The van der Waals surface area contributed by atoms with E-state index in [-0.39, 0.29) is 5.57 Å². The van der Waals surface area contributed by atoms with Crippen LogP contribution in [0.3, 0.4) is 0 Å². The van der Waals surface area contributed by atoms with Gasteiger partial charge in [0.15, 0.2) is 0 Å². The van der Waals surface area contributed by atoms with Crippen LogP contribution in [0.2, 0.25) is 0 Å². The fourth-order valence-electron chi connectivity index (χ4n) is 3.49. The molecule has 0 spiro atoms. The predicted molar refractivity (Wildman–Crippen MR) is 132 cm³/mol. The summed E-state index contributed by atoms with van der Waals surface area (Å²) >= 11 is 3.53. The maximum absolute atomic E-state index is 12.6. The quantitative estimate of drug-likeness (QED) is 0.295. The minimum Gasteiger partial charge on any atom is -0.488 e. The number of halogens is 1. The highest BCUT2D eigenvalue weighted by Crippen LogP contribution is 2.28. The van der Waals surface area contributed by atoms with Gasteiger partial charge in [0.05, 0.1) is 4.47 Å². The molecule has 0 fully saturated rings. The number of nitrogens with zero attached hydrogens (tertiary/aromatic N) is 1. The molecule has 0 aliphatic rings. The van der Waals surface area contributed by atoms with Crippen LogP contribution >= 0.6 is 15.9 Å². The summed E-state index contributed by atoms with van der Waals surface area (Å²) in [6, 6.07) is 21.4. The van der Waals surface area contributed by atoms with Crippen LogP contribution in [0.4, 0.5) is 5.69 Å². The molecule has 162 valence electrons. The second kappa shape index (κ2) is 10.8. The monoisotopic (exact) mass is 488 g/mol. The van der Waals surface area contributed by atoms with E-state index >= 15 is 0 Å². The number of carbonyl (C=O) groups excluding carboxylic acids is 1. The smallest absolute Gasteiger partial charge is 0.266 e. The third-order valence-electron chi connectivity index (χ3n) is 4.95. The molecule has 3 aromatic rings. The highest BCUT2D eigenvalue weighted by Gasteiger charge is 2.12. The number of para-hydroxylation sites is 1. The molecule has 32 heavy (non-hydrogen) atoms. The summed E-state index contributed by atoms with van der Waals surface area (Å²) in [5.74, 6) is 0.265. The first-order valence-electron chi connectivity index (χ1n) is 10.4. The zero-order valence-corrected chi connectivity index (χ0v) is 20.0. The molecule has 0 bridgehead atoms. The Balaban J connectivity index is 1.73. The summed E-state index contributed by atoms with van der Waals surface area (Å²) in [6.45, 7) is 6.61. The van der Waals surface area contributed by atoms with Crippen LogP contribution in [0.1, 0.15) is 34.7 Å². The first kappa shape index (κ1) is 23.3. The van der Waals surface area contributed by atoms with Crippen molar-refractivity contribution in [1.82, 2.24) is 0 Å². The van der Waals surface area contributed by atoms with E-state index in [1.54, 1.807) is 6.08 Å². The van der Waals surface area contributed by atoms with Gasteiger partial charge in [0, 0.05) is 5.69 Å². The molecule has 0 saturated carbocycles.